The van der Waals surface area contributed by atoms with Crippen molar-refractivity contribution in [1.29, 1.82) is 5.41 Å². The number of halogens is 3. The zero-order chi connectivity index (χ0) is 24.3. The first-order chi connectivity index (χ1) is 15.5. The molecule has 3 rings (SSSR count). The number of nitrogens with zero attached hydrogens (tertiary/aromatic N) is 1. The molecule has 4 N–H and O–H groups in total. The van der Waals surface area contributed by atoms with E-state index in [1.807, 2.05) is 0 Å². The summed E-state index contributed by atoms with van der Waals surface area (Å²) in [6.45, 7) is 3.55. The number of fused-ring (bicyclic) bond motifs is 1. The minimum absolute atomic E-state index is 0.0482. The average Bonchev–Trinajstić information content (AvgIpc) is 2.74. The first-order valence-electron chi connectivity index (χ1n) is 9.82. The van der Waals surface area contributed by atoms with E-state index in [2.05, 4.69) is 28.2 Å². The van der Waals surface area contributed by atoms with Crippen molar-refractivity contribution in [2.75, 3.05) is 5.32 Å². The average molecular weight is 475 g/mol. The molecule has 0 unspecified atom stereocenters. The van der Waals surface area contributed by atoms with Gasteiger partial charge in [-0.1, -0.05) is 18.2 Å². The zero-order valence-corrected chi connectivity index (χ0v) is 18.6. The number of hydrogen-bond donors (Lipinski definition) is 5. The van der Waals surface area contributed by atoms with E-state index in [9.17, 15) is 23.1 Å². The monoisotopic (exact) mass is 474 g/mol. The third-order valence-electron chi connectivity index (χ3n) is 4.61. The van der Waals surface area contributed by atoms with Crippen molar-refractivity contribution in [3.05, 3.63) is 65.9 Å². The highest BCUT2D eigenvalue weighted by Gasteiger charge is 2.33. The number of anilines is 2. The maximum atomic E-state index is 13.0. The number of allylic oxidation sites excluding steroid dienone is 1. The number of carboxylic acid groups (broad SMARTS) is 1. The molecule has 1 heterocycles. The normalized spacial score (nSPS) is 12.2. The summed E-state index contributed by atoms with van der Waals surface area (Å²) in [6, 6.07) is 11.0. The molecule has 0 amide bonds. The molecule has 0 saturated heterocycles. The molecule has 0 bridgehead atoms. The van der Waals surface area contributed by atoms with E-state index < -0.39 is 17.9 Å². The molecule has 3 aromatic rings. The van der Waals surface area contributed by atoms with Crippen molar-refractivity contribution in [2.24, 2.45) is 0 Å². The van der Waals surface area contributed by atoms with Gasteiger partial charge < -0.3 is 15.7 Å². The topological polar surface area (TPSA) is 98.1 Å². The Labute approximate surface area is 193 Å². The second-order valence-electron chi connectivity index (χ2n) is 7.49. The minimum atomic E-state index is -4.78. The van der Waals surface area contributed by atoms with Crippen LogP contribution < -0.4 is 10.6 Å². The predicted molar refractivity (Wildman–Crippen MR) is 126 cm³/mol. The van der Waals surface area contributed by atoms with Crippen molar-refractivity contribution < 1.29 is 23.1 Å². The van der Waals surface area contributed by atoms with Gasteiger partial charge in [-0.25, -0.2) is 4.79 Å². The fourth-order valence-corrected chi connectivity index (χ4v) is 3.37. The van der Waals surface area contributed by atoms with Gasteiger partial charge in [-0.15, -0.1) is 12.6 Å². The van der Waals surface area contributed by atoms with Crippen molar-refractivity contribution in [3.8, 4) is 0 Å². The Morgan fingerprint density at radius 3 is 2.55 bits per heavy atom. The lowest BCUT2D eigenvalue weighted by Gasteiger charge is -2.18. The zero-order valence-electron chi connectivity index (χ0n) is 17.7. The molecule has 2 aromatic carbocycles. The summed E-state index contributed by atoms with van der Waals surface area (Å²) in [6.07, 6.45) is -2.54. The van der Waals surface area contributed by atoms with Crippen molar-refractivity contribution in [3.63, 3.8) is 0 Å². The Hall–Kier alpha value is -3.53. The molecule has 0 spiro atoms. The van der Waals surface area contributed by atoms with Crippen molar-refractivity contribution >= 4 is 52.3 Å². The summed E-state index contributed by atoms with van der Waals surface area (Å²) in [5, 5.41) is 23.4. The number of carboxylic acids is 1. The van der Waals surface area contributed by atoms with Crippen molar-refractivity contribution in [1.82, 2.24) is 10.3 Å². The van der Waals surface area contributed by atoms with E-state index in [0.717, 1.165) is 6.08 Å². The summed E-state index contributed by atoms with van der Waals surface area (Å²) >= 11 is 4.44. The van der Waals surface area contributed by atoms with Gasteiger partial charge in [0.2, 0.25) is 0 Å². The number of thiol groups is 1. The van der Waals surface area contributed by atoms with Crippen LogP contribution in [0.5, 0.6) is 0 Å². The Morgan fingerprint density at radius 1 is 1.21 bits per heavy atom. The molecule has 172 valence electrons. The van der Waals surface area contributed by atoms with E-state index in [1.165, 1.54) is 12.3 Å². The molecular formula is C23H21F3N4O2S. The second kappa shape index (κ2) is 9.53. The van der Waals surface area contributed by atoms with Crippen LogP contribution in [0.4, 0.5) is 24.5 Å². The molecule has 0 radical (unpaired) electrons. The van der Waals surface area contributed by atoms with E-state index in [-0.39, 0.29) is 17.3 Å². The SMILES string of the molecule is CC(C)N/C(=C\C(=N)C(F)(F)F)c1ccc2ncc(S)c(Nc3ccccc3C(=O)O)c2c1. The number of alkyl halides is 3. The number of pyridine rings is 1. The lowest BCUT2D eigenvalue weighted by atomic mass is 10.0. The van der Waals surface area contributed by atoms with Crippen LogP contribution in [0.15, 0.2) is 59.6 Å². The number of aromatic nitrogens is 1. The second-order valence-corrected chi connectivity index (χ2v) is 7.98. The molecule has 0 fully saturated rings. The number of para-hydroxylation sites is 1. The third kappa shape index (κ3) is 5.64. The van der Waals surface area contributed by atoms with Crippen LogP contribution in [0.3, 0.4) is 0 Å². The fraction of sp³-hybridized carbons (Fsp3) is 0.174. The minimum Gasteiger partial charge on any atom is -0.478 e. The van der Waals surface area contributed by atoms with Gasteiger partial charge in [-0.05, 0) is 49.8 Å². The fourth-order valence-electron chi connectivity index (χ4n) is 3.14. The first-order valence-corrected chi connectivity index (χ1v) is 10.3. The first kappa shape index (κ1) is 24.1. The standard InChI is InChI=1S/C23H21F3N4O2S/c1-12(2)29-18(10-20(27)23(24,25)26)13-7-8-16-15(9-13)21(19(33)11-28-16)30-17-6-4-3-5-14(17)22(31)32/h3-12,27,29,33H,1-2H3,(H,28,30)(H,31,32)/b18-10-,27-20?. The van der Waals surface area contributed by atoms with E-state index in [0.29, 0.717) is 32.7 Å². The lowest BCUT2D eigenvalue weighted by Crippen LogP contribution is -2.25. The van der Waals surface area contributed by atoms with Gasteiger partial charge in [-0.2, -0.15) is 13.2 Å². The van der Waals surface area contributed by atoms with Crippen LogP contribution >= 0.6 is 12.6 Å². The van der Waals surface area contributed by atoms with Gasteiger partial charge >= 0.3 is 12.1 Å². The van der Waals surface area contributed by atoms with Crippen LogP contribution in [-0.2, 0) is 0 Å². The third-order valence-corrected chi connectivity index (χ3v) is 4.95. The van der Waals surface area contributed by atoms with Crippen LogP contribution in [0, 0.1) is 5.41 Å². The summed E-state index contributed by atoms with van der Waals surface area (Å²) in [4.78, 5) is 16.3. The van der Waals surface area contributed by atoms with Crippen LogP contribution in [-0.4, -0.2) is 34.0 Å². The Morgan fingerprint density at radius 2 is 1.91 bits per heavy atom. The molecular weight excluding hydrogens is 453 g/mol. The molecule has 0 saturated carbocycles. The highest BCUT2D eigenvalue weighted by molar-refractivity contribution is 7.80. The van der Waals surface area contributed by atoms with Gasteiger partial charge in [0.1, 0.15) is 5.71 Å². The summed E-state index contributed by atoms with van der Waals surface area (Å²) in [5.74, 6) is -1.12. The highest BCUT2D eigenvalue weighted by atomic mass is 32.1. The van der Waals surface area contributed by atoms with Gasteiger partial charge in [-0.3, -0.25) is 10.4 Å². The summed E-state index contributed by atoms with van der Waals surface area (Å²) in [5.41, 5.74) is 0.396. The molecule has 0 atom stereocenters. The molecule has 6 nitrogen and oxygen atoms in total. The van der Waals surface area contributed by atoms with E-state index in [4.69, 9.17) is 5.41 Å². The smallest absolute Gasteiger partial charge is 0.432 e. The molecule has 33 heavy (non-hydrogen) atoms. The highest BCUT2D eigenvalue weighted by Crippen LogP contribution is 2.34. The Kier molecular flexibility index (Phi) is 6.97. The Bertz CT molecular complexity index is 1260. The number of nitrogens with one attached hydrogen (secondary N) is 3. The van der Waals surface area contributed by atoms with E-state index in [1.54, 1.807) is 50.2 Å². The Balaban J connectivity index is 2.16. The summed E-state index contributed by atoms with van der Waals surface area (Å²) in [7, 11) is 0. The van der Waals surface area contributed by atoms with Gasteiger partial charge in [0.05, 0.1) is 22.5 Å². The maximum absolute atomic E-state index is 13.0. The molecule has 0 aliphatic heterocycles. The lowest BCUT2D eigenvalue weighted by molar-refractivity contribution is -0.0584. The van der Waals surface area contributed by atoms with Gasteiger partial charge in [0, 0.05) is 28.2 Å². The van der Waals surface area contributed by atoms with Gasteiger partial charge in [0.25, 0.3) is 0 Å². The number of carbonyl (C=O) groups is 1. The predicted octanol–water partition coefficient (Wildman–Crippen LogP) is 5.89. The number of benzene rings is 2. The molecule has 0 aliphatic rings. The van der Waals surface area contributed by atoms with Crippen LogP contribution in [0.25, 0.3) is 16.6 Å². The quantitative estimate of drug-likeness (QED) is 0.217. The maximum Gasteiger partial charge on any atom is 0.432 e. The van der Waals surface area contributed by atoms with Gasteiger partial charge in [0.15, 0.2) is 0 Å². The van der Waals surface area contributed by atoms with Crippen molar-refractivity contribution in [2.45, 2.75) is 31.0 Å². The summed E-state index contributed by atoms with van der Waals surface area (Å²) < 4.78 is 39.0. The van der Waals surface area contributed by atoms with Crippen LogP contribution in [0.2, 0.25) is 0 Å². The molecule has 10 heteroatoms. The number of aromatic carboxylic acids is 1. The number of rotatable bonds is 7. The van der Waals surface area contributed by atoms with E-state index >= 15 is 0 Å². The number of hydrogen-bond acceptors (Lipinski definition) is 6. The molecule has 0 aliphatic carbocycles. The largest absolute Gasteiger partial charge is 0.478 e. The molecule has 1 aromatic heterocycles. The van der Waals surface area contributed by atoms with Crippen LogP contribution in [0.1, 0.15) is 29.8 Å².